The quantitative estimate of drug-likeness (QED) is 0.813. The Balaban J connectivity index is 1.52. The molecular formula is C20H19NO3. The summed E-state index contributed by atoms with van der Waals surface area (Å²) in [6.07, 6.45) is 2.87. The van der Waals surface area contributed by atoms with Gasteiger partial charge in [0.15, 0.2) is 6.61 Å². The van der Waals surface area contributed by atoms with Crippen molar-refractivity contribution in [3.8, 4) is 0 Å². The average molecular weight is 321 g/mol. The highest BCUT2D eigenvalue weighted by molar-refractivity contribution is 5.91. The van der Waals surface area contributed by atoms with E-state index in [2.05, 4.69) is 18.2 Å². The molecule has 122 valence electrons. The monoisotopic (exact) mass is 321 g/mol. The second kappa shape index (κ2) is 7.59. The Morgan fingerprint density at radius 1 is 0.958 bits per heavy atom. The first-order chi connectivity index (χ1) is 11.7. The van der Waals surface area contributed by atoms with Gasteiger partial charge in [-0.25, -0.2) is 4.79 Å². The second-order valence-electron chi connectivity index (χ2n) is 5.63. The lowest BCUT2D eigenvalue weighted by atomic mass is 10.00. The Kier molecular flexibility index (Phi) is 5.06. The standard InChI is InChI=1S/C20H19NO3/c22-19(15-24-20(23)18-9-5-2-6-10-18)21-13-11-17(12-14-21)16-7-3-1-4-8-16/h1-11H,12-15H2. The molecule has 0 spiro atoms. The van der Waals surface area contributed by atoms with Crippen LogP contribution in [0.5, 0.6) is 0 Å². The molecular weight excluding hydrogens is 302 g/mol. The molecule has 0 saturated heterocycles. The van der Waals surface area contributed by atoms with Crippen molar-refractivity contribution >= 4 is 17.4 Å². The lowest BCUT2D eigenvalue weighted by Gasteiger charge is -2.26. The first kappa shape index (κ1) is 16.0. The van der Waals surface area contributed by atoms with Gasteiger partial charge in [-0.2, -0.15) is 0 Å². The molecule has 0 unspecified atom stereocenters. The first-order valence-corrected chi connectivity index (χ1v) is 7.98. The predicted molar refractivity (Wildman–Crippen MR) is 92.3 cm³/mol. The molecule has 0 radical (unpaired) electrons. The molecule has 1 amide bonds. The number of nitrogens with zero attached hydrogens (tertiary/aromatic N) is 1. The number of hydrogen-bond acceptors (Lipinski definition) is 3. The van der Waals surface area contributed by atoms with Crippen LogP contribution in [0.2, 0.25) is 0 Å². The van der Waals surface area contributed by atoms with Crippen molar-refractivity contribution in [3.05, 3.63) is 77.9 Å². The molecule has 4 nitrogen and oxygen atoms in total. The van der Waals surface area contributed by atoms with Gasteiger partial charge < -0.3 is 9.64 Å². The Hall–Kier alpha value is -2.88. The smallest absolute Gasteiger partial charge is 0.338 e. The molecule has 0 aliphatic carbocycles. The Labute approximate surface area is 141 Å². The van der Waals surface area contributed by atoms with Gasteiger partial charge in [0.05, 0.1) is 5.56 Å². The SMILES string of the molecule is O=C(OCC(=O)N1CC=C(c2ccccc2)CC1)c1ccccc1. The average Bonchev–Trinajstić information content (AvgIpc) is 2.67. The van der Waals surface area contributed by atoms with Gasteiger partial charge in [-0.3, -0.25) is 4.79 Å². The van der Waals surface area contributed by atoms with E-state index in [1.807, 2.05) is 24.3 Å². The Bertz CT molecular complexity index is 738. The highest BCUT2D eigenvalue weighted by atomic mass is 16.5. The van der Waals surface area contributed by atoms with Crippen LogP contribution >= 0.6 is 0 Å². The minimum absolute atomic E-state index is 0.164. The number of rotatable bonds is 4. The maximum atomic E-state index is 12.2. The molecule has 0 atom stereocenters. The van der Waals surface area contributed by atoms with Crippen LogP contribution in [-0.2, 0) is 9.53 Å². The molecule has 0 saturated carbocycles. The van der Waals surface area contributed by atoms with Crippen molar-refractivity contribution in [3.63, 3.8) is 0 Å². The highest BCUT2D eigenvalue weighted by Crippen LogP contribution is 2.21. The summed E-state index contributed by atoms with van der Waals surface area (Å²) in [7, 11) is 0. The maximum Gasteiger partial charge on any atom is 0.338 e. The predicted octanol–water partition coefficient (Wildman–Crippen LogP) is 3.16. The van der Waals surface area contributed by atoms with Gasteiger partial charge in [0.1, 0.15) is 0 Å². The number of carbonyl (C=O) groups is 2. The van der Waals surface area contributed by atoms with Gasteiger partial charge in [-0.15, -0.1) is 0 Å². The summed E-state index contributed by atoms with van der Waals surface area (Å²) in [6.45, 7) is 0.969. The summed E-state index contributed by atoms with van der Waals surface area (Å²) < 4.78 is 5.10. The Morgan fingerprint density at radius 3 is 2.25 bits per heavy atom. The van der Waals surface area contributed by atoms with Crippen molar-refractivity contribution in [1.82, 2.24) is 4.90 Å². The summed E-state index contributed by atoms with van der Waals surface area (Å²) >= 11 is 0. The van der Waals surface area contributed by atoms with E-state index in [1.165, 1.54) is 11.1 Å². The summed E-state index contributed by atoms with van der Waals surface area (Å²) in [5.74, 6) is -0.635. The fourth-order valence-electron chi connectivity index (χ4n) is 2.69. The number of ether oxygens (including phenoxy) is 1. The summed E-state index contributed by atoms with van der Waals surface area (Å²) in [5.41, 5.74) is 2.90. The van der Waals surface area contributed by atoms with Gasteiger partial charge in [-0.1, -0.05) is 54.6 Å². The van der Waals surface area contributed by atoms with Crippen LogP contribution in [0.1, 0.15) is 22.3 Å². The number of amides is 1. The number of hydrogen-bond donors (Lipinski definition) is 0. The molecule has 0 aromatic heterocycles. The van der Waals surface area contributed by atoms with Gasteiger partial charge in [0, 0.05) is 13.1 Å². The lowest BCUT2D eigenvalue weighted by Crippen LogP contribution is -2.37. The molecule has 2 aromatic carbocycles. The molecule has 1 aliphatic heterocycles. The molecule has 4 heteroatoms. The van der Waals surface area contributed by atoms with Gasteiger partial charge in [0.2, 0.25) is 0 Å². The normalized spacial score (nSPS) is 14.0. The zero-order valence-corrected chi connectivity index (χ0v) is 13.4. The minimum atomic E-state index is -0.471. The van der Waals surface area contributed by atoms with E-state index in [-0.39, 0.29) is 12.5 Å². The number of benzene rings is 2. The molecule has 1 heterocycles. The lowest BCUT2D eigenvalue weighted by molar-refractivity contribution is -0.134. The van der Waals surface area contributed by atoms with Crippen molar-refractivity contribution in [2.45, 2.75) is 6.42 Å². The van der Waals surface area contributed by atoms with Crippen LogP contribution in [0.3, 0.4) is 0 Å². The van der Waals surface area contributed by atoms with Crippen molar-refractivity contribution in [1.29, 1.82) is 0 Å². The summed E-state index contributed by atoms with van der Waals surface area (Å²) in [5, 5.41) is 0. The molecule has 2 aromatic rings. The number of esters is 1. The highest BCUT2D eigenvalue weighted by Gasteiger charge is 2.19. The van der Waals surface area contributed by atoms with Crippen molar-refractivity contribution in [2.24, 2.45) is 0 Å². The van der Waals surface area contributed by atoms with Gasteiger partial charge in [0.25, 0.3) is 5.91 Å². The van der Waals surface area contributed by atoms with E-state index in [0.29, 0.717) is 18.7 Å². The molecule has 24 heavy (non-hydrogen) atoms. The van der Waals surface area contributed by atoms with E-state index in [0.717, 1.165) is 6.42 Å². The zero-order valence-electron chi connectivity index (χ0n) is 13.4. The van der Waals surface area contributed by atoms with Crippen LogP contribution < -0.4 is 0 Å². The zero-order chi connectivity index (χ0) is 16.8. The largest absolute Gasteiger partial charge is 0.452 e. The van der Waals surface area contributed by atoms with E-state index in [4.69, 9.17) is 4.74 Å². The molecule has 0 N–H and O–H groups in total. The molecule has 3 rings (SSSR count). The fourth-order valence-corrected chi connectivity index (χ4v) is 2.69. The summed E-state index contributed by atoms with van der Waals surface area (Å²) in [6, 6.07) is 18.8. The third-order valence-electron chi connectivity index (χ3n) is 4.04. The number of carbonyl (C=O) groups excluding carboxylic acids is 2. The van der Waals surface area contributed by atoms with Crippen LogP contribution in [-0.4, -0.2) is 36.5 Å². The van der Waals surface area contributed by atoms with Gasteiger partial charge >= 0.3 is 5.97 Å². The van der Waals surface area contributed by atoms with E-state index in [9.17, 15) is 9.59 Å². The van der Waals surface area contributed by atoms with Crippen LogP contribution in [0.15, 0.2) is 66.7 Å². The summed E-state index contributed by atoms with van der Waals surface area (Å²) in [4.78, 5) is 25.8. The molecule has 0 fully saturated rings. The topological polar surface area (TPSA) is 46.6 Å². The molecule has 0 bridgehead atoms. The van der Waals surface area contributed by atoms with Crippen LogP contribution in [0.4, 0.5) is 0 Å². The van der Waals surface area contributed by atoms with E-state index in [1.54, 1.807) is 29.2 Å². The first-order valence-electron chi connectivity index (χ1n) is 7.98. The van der Waals surface area contributed by atoms with Crippen LogP contribution in [0.25, 0.3) is 5.57 Å². The maximum absolute atomic E-state index is 12.2. The van der Waals surface area contributed by atoms with E-state index >= 15 is 0 Å². The third kappa shape index (κ3) is 3.90. The Morgan fingerprint density at radius 2 is 1.62 bits per heavy atom. The van der Waals surface area contributed by atoms with Crippen molar-refractivity contribution < 1.29 is 14.3 Å². The van der Waals surface area contributed by atoms with Crippen molar-refractivity contribution in [2.75, 3.05) is 19.7 Å². The van der Waals surface area contributed by atoms with Crippen LogP contribution in [0, 0.1) is 0 Å². The van der Waals surface area contributed by atoms with E-state index < -0.39 is 5.97 Å². The second-order valence-corrected chi connectivity index (χ2v) is 5.63. The molecule has 1 aliphatic rings. The fraction of sp³-hybridized carbons (Fsp3) is 0.200. The third-order valence-corrected chi connectivity index (χ3v) is 4.04. The van der Waals surface area contributed by atoms with Gasteiger partial charge in [-0.05, 0) is 29.7 Å². The minimum Gasteiger partial charge on any atom is -0.452 e.